The van der Waals surface area contributed by atoms with E-state index in [1.807, 2.05) is 19.9 Å². The van der Waals surface area contributed by atoms with Crippen LogP contribution >= 0.6 is 0 Å². The second-order valence-corrected chi connectivity index (χ2v) is 6.28. The van der Waals surface area contributed by atoms with Crippen molar-refractivity contribution in [3.05, 3.63) is 47.0 Å². The first kappa shape index (κ1) is 17.1. The van der Waals surface area contributed by atoms with Crippen LogP contribution in [0.15, 0.2) is 24.3 Å². The highest BCUT2D eigenvalue weighted by Crippen LogP contribution is 2.23. The minimum absolute atomic E-state index is 0.189. The van der Waals surface area contributed by atoms with Crippen molar-refractivity contribution in [3.63, 3.8) is 0 Å². The zero-order valence-electron chi connectivity index (χ0n) is 14.5. The van der Waals surface area contributed by atoms with Crippen molar-refractivity contribution in [2.45, 2.75) is 32.7 Å². The van der Waals surface area contributed by atoms with Crippen molar-refractivity contribution in [1.29, 1.82) is 0 Å². The van der Waals surface area contributed by atoms with E-state index in [1.54, 1.807) is 19.2 Å². The molecule has 1 fully saturated rings. The Morgan fingerprint density at radius 3 is 2.64 bits per heavy atom. The van der Waals surface area contributed by atoms with E-state index in [4.69, 9.17) is 0 Å². The molecule has 2 aromatic rings. The highest BCUT2D eigenvalue weighted by atomic mass is 19.1. The summed E-state index contributed by atoms with van der Waals surface area (Å²) in [5.41, 5.74) is 2.14. The molecule has 2 amide bonds. The van der Waals surface area contributed by atoms with Crippen molar-refractivity contribution < 1.29 is 14.0 Å². The van der Waals surface area contributed by atoms with Crippen molar-refractivity contribution in [3.8, 4) is 5.69 Å². The number of aryl methyl sites for hydroxylation is 2. The molecule has 1 aromatic heterocycles. The van der Waals surface area contributed by atoms with E-state index < -0.39 is 11.9 Å². The Morgan fingerprint density at radius 2 is 2.04 bits per heavy atom. The van der Waals surface area contributed by atoms with Gasteiger partial charge in [-0.15, -0.1) is 0 Å². The van der Waals surface area contributed by atoms with E-state index in [0.29, 0.717) is 18.7 Å². The summed E-state index contributed by atoms with van der Waals surface area (Å²) in [6.07, 6.45) is 1.38. The number of carbonyl (C=O) groups is 2. The molecule has 0 aliphatic carbocycles. The highest BCUT2D eigenvalue weighted by Gasteiger charge is 2.34. The van der Waals surface area contributed by atoms with Crippen LogP contribution in [0.5, 0.6) is 0 Å². The molecule has 25 heavy (non-hydrogen) atoms. The summed E-state index contributed by atoms with van der Waals surface area (Å²) >= 11 is 0. The maximum absolute atomic E-state index is 14.6. The summed E-state index contributed by atoms with van der Waals surface area (Å²) in [5.74, 6) is -1.04. The Hall–Kier alpha value is -2.70. The van der Waals surface area contributed by atoms with Crippen LogP contribution in [0.25, 0.3) is 5.69 Å². The number of hydrogen-bond donors (Lipinski definition) is 1. The molecule has 0 radical (unpaired) electrons. The highest BCUT2D eigenvalue weighted by molar-refractivity contribution is 5.98. The van der Waals surface area contributed by atoms with Crippen LogP contribution in [-0.4, -0.2) is 46.1 Å². The van der Waals surface area contributed by atoms with E-state index in [2.05, 4.69) is 10.4 Å². The minimum Gasteiger partial charge on any atom is -0.357 e. The van der Waals surface area contributed by atoms with Gasteiger partial charge in [-0.2, -0.15) is 5.10 Å². The molecule has 3 rings (SSSR count). The molecule has 1 atom stereocenters. The van der Waals surface area contributed by atoms with Gasteiger partial charge in [0.2, 0.25) is 5.91 Å². The maximum Gasteiger partial charge on any atom is 0.254 e. The average molecular weight is 344 g/mol. The van der Waals surface area contributed by atoms with Gasteiger partial charge in [0.25, 0.3) is 5.91 Å². The number of likely N-dealkylation sites (N-methyl/N-ethyl adjacent to an activating group) is 1. The summed E-state index contributed by atoms with van der Waals surface area (Å²) in [4.78, 5) is 26.1. The summed E-state index contributed by atoms with van der Waals surface area (Å²) in [6.45, 7) is 4.18. The van der Waals surface area contributed by atoms with E-state index >= 15 is 0 Å². The van der Waals surface area contributed by atoms with Crippen LogP contribution in [0.1, 0.15) is 34.6 Å². The molecular formula is C18H21FN4O2. The van der Waals surface area contributed by atoms with Crippen LogP contribution in [0.4, 0.5) is 4.39 Å². The van der Waals surface area contributed by atoms with Crippen LogP contribution in [0.3, 0.4) is 0 Å². The molecule has 1 aromatic carbocycles. The SMILES string of the molecule is CNC(=O)C1CCCN1C(=O)c1ccc(-n2nc(C)cc2C)c(F)c1. The van der Waals surface area contributed by atoms with Crippen LogP contribution in [0, 0.1) is 19.7 Å². The number of aromatic nitrogens is 2. The normalized spacial score (nSPS) is 17.0. The van der Waals surface area contributed by atoms with Crippen molar-refractivity contribution in [2.24, 2.45) is 0 Å². The summed E-state index contributed by atoms with van der Waals surface area (Å²) in [7, 11) is 1.55. The molecule has 132 valence electrons. The van der Waals surface area contributed by atoms with Gasteiger partial charge in [0.1, 0.15) is 17.5 Å². The number of rotatable bonds is 3. The number of benzene rings is 1. The number of nitrogens with one attached hydrogen (secondary N) is 1. The number of likely N-dealkylation sites (tertiary alicyclic amines) is 1. The molecule has 6 nitrogen and oxygen atoms in total. The zero-order valence-corrected chi connectivity index (χ0v) is 14.5. The summed E-state index contributed by atoms with van der Waals surface area (Å²) < 4.78 is 16.1. The number of carbonyl (C=O) groups excluding carboxylic acids is 2. The van der Waals surface area contributed by atoms with Gasteiger partial charge >= 0.3 is 0 Å². The van der Waals surface area contributed by atoms with E-state index in [9.17, 15) is 14.0 Å². The maximum atomic E-state index is 14.6. The first-order valence-corrected chi connectivity index (χ1v) is 8.28. The molecule has 7 heteroatoms. The van der Waals surface area contributed by atoms with Crippen molar-refractivity contribution >= 4 is 11.8 Å². The van der Waals surface area contributed by atoms with Gasteiger partial charge in [-0.05, 0) is 51.0 Å². The Morgan fingerprint density at radius 1 is 1.28 bits per heavy atom. The molecule has 1 aliphatic rings. The summed E-state index contributed by atoms with van der Waals surface area (Å²) in [6, 6.07) is 5.71. The number of nitrogens with zero attached hydrogens (tertiary/aromatic N) is 3. The summed E-state index contributed by atoms with van der Waals surface area (Å²) in [5, 5.41) is 6.84. The number of amides is 2. The second kappa shape index (κ2) is 6.66. The Labute approximate surface area is 145 Å². The molecular weight excluding hydrogens is 323 g/mol. The topological polar surface area (TPSA) is 67.2 Å². The molecule has 0 bridgehead atoms. The lowest BCUT2D eigenvalue weighted by molar-refractivity contribution is -0.124. The van der Waals surface area contributed by atoms with E-state index in [1.165, 1.54) is 15.6 Å². The Balaban J connectivity index is 1.89. The van der Waals surface area contributed by atoms with E-state index in [-0.39, 0.29) is 17.4 Å². The van der Waals surface area contributed by atoms with Crippen LogP contribution in [-0.2, 0) is 4.79 Å². The molecule has 1 aliphatic heterocycles. The second-order valence-electron chi connectivity index (χ2n) is 6.28. The molecule has 1 saturated heterocycles. The van der Waals surface area contributed by atoms with Gasteiger partial charge < -0.3 is 10.2 Å². The fraction of sp³-hybridized carbons (Fsp3) is 0.389. The quantitative estimate of drug-likeness (QED) is 0.926. The van der Waals surface area contributed by atoms with Crippen molar-refractivity contribution in [2.75, 3.05) is 13.6 Å². The third-order valence-corrected chi connectivity index (χ3v) is 4.50. The van der Waals surface area contributed by atoms with Crippen molar-refractivity contribution in [1.82, 2.24) is 20.0 Å². The predicted molar refractivity (Wildman–Crippen MR) is 91.1 cm³/mol. The van der Waals surface area contributed by atoms with Gasteiger partial charge in [-0.25, -0.2) is 9.07 Å². The van der Waals surface area contributed by atoms with E-state index in [0.717, 1.165) is 17.8 Å². The lowest BCUT2D eigenvalue weighted by Gasteiger charge is -2.23. The average Bonchev–Trinajstić information content (AvgIpc) is 3.19. The largest absolute Gasteiger partial charge is 0.357 e. The van der Waals surface area contributed by atoms with Crippen LogP contribution < -0.4 is 5.32 Å². The standard InChI is InChI=1S/C18H21FN4O2/c1-11-9-12(2)23(21-11)15-7-6-13(10-14(15)19)18(25)22-8-4-5-16(22)17(24)20-3/h6-7,9-10,16H,4-5,8H2,1-3H3,(H,20,24). The molecule has 1 N–H and O–H groups in total. The third-order valence-electron chi connectivity index (χ3n) is 4.50. The first-order valence-electron chi connectivity index (χ1n) is 8.28. The Bertz CT molecular complexity index is 830. The third kappa shape index (κ3) is 3.14. The minimum atomic E-state index is -0.521. The van der Waals surface area contributed by atoms with Gasteiger partial charge in [-0.1, -0.05) is 0 Å². The lowest BCUT2D eigenvalue weighted by atomic mass is 10.1. The fourth-order valence-corrected chi connectivity index (χ4v) is 3.30. The smallest absolute Gasteiger partial charge is 0.254 e. The number of hydrogen-bond acceptors (Lipinski definition) is 3. The first-order chi connectivity index (χ1) is 11.9. The molecule has 0 spiro atoms. The lowest BCUT2D eigenvalue weighted by Crippen LogP contribution is -2.44. The van der Waals surface area contributed by atoms with Crippen LogP contribution in [0.2, 0.25) is 0 Å². The predicted octanol–water partition coefficient (Wildman–Crippen LogP) is 1.98. The van der Waals surface area contributed by atoms with Gasteiger partial charge in [0, 0.05) is 24.8 Å². The fourth-order valence-electron chi connectivity index (χ4n) is 3.30. The monoisotopic (exact) mass is 344 g/mol. The Kier molecular flexibility index (Phi) is 4.57. The van der Waals surface area contributed by atoms with Gasteiger partial charge in [-0.3, -0.25) is 9.59 Å². The van der Waals surface area contributed by atoms with Gasteiger partial charge in [0.15, 0.2) is 0 Å². The molecule has 0 saturated carbocycles. The zero-order chi connectivity index (χ0) is 18.1. The molecule has 1 unspecified atom stereocenters. The number of halogens is 1. The van der Waals surface area contributed by atoms with Gasteiger partial charge in [0.05, 0.1) is 5.69 Å². The molecule has 2 heterocycles.